The van der Waals surface area contributed by atoms with Gasteiger partial charge in [0.25, 0.3) is 0 Å². The van der Waals surface area contributed by atoms with Crippen LogP contribution in [0.15, 0.2) is 29.6 Å². The maximum absolute atomic E-state index is 13.4. The van der Waals surface area contributed by atoms with Crippen LogP contribution in [-0.4, -0.2) is 72.7 Å². The highest BCUT2D eigenvalue weighted by Crippen LogP contribution is 2.32. The Morgan fingerprint density at radius 2 is 1.70 bits per heavy atom. The minimum absolute atomic E-state index is 0. The highest BCUT2D eigenvalue weighted by Gasteiger charge is 2.36. The third-order valence-corrected chi connectivity index (χ3v) is 7.33. The Bertz CT molecular complexity index is 1150. The lowest BCUT2D eigenvalue weighted by molar-refractivity contribution is -0.141. The van der Waals surface area contributed by atoms with Crippen LogP contribution in [0.25, 0.3) is 11.5 Å². The predicted octanol–water partition coefficient (Wildman–Crippen LogP) is 4.65. The van der Waals surface area contributed by atoms with Gasteiger partial charge in [0.1, 0.15) is 17.3 Å². The van der Waals surface area contributed by atoms with E-state index in [2.05, 4.69) is 25.1 Å². The van der Waals surface area contributed by atoms with E-state index in [1.165, 1.54) is 0 Å². The van der Waals surface area contributed by atoms with E-state index in [-0.39, 0.29) is 18.2 Å². The highest BCUT2D eigenvalue weighted by molar-refractivity contribution is 7.99. The van der Waals surface area contributed by atoms with Gasteiger partial charge >= 0.3 is 6.18 Å². The van der Waals surface area contributed by atoms with Crippen molar-refractivity contribution in [2.45, 2.75) is 43.9 Å². The molecule has 0 N–H and O–H groups in total. The highest BCUT2D eigenvalue weighted by atomic mass is 35.5. The fourth-order valence-corrected chi connectivity index (χ4v) is 4.92. The maximum Gasteiger partial charge on any atom is 0.433 e. The van der Waals surface area contributed by atoms with Gasteiger partial charge in [-0.05, 0) is 25.1 Å². The molecule has 0 unspecified atom stereocenters. The molecule has 4 heterocycles. The van der Waals surface area contributed by atoms with Gasteiger partial charge < -0.3 is 14.0 Å². The van der Waals surface area contributed by atoms with Gasteiger partial charge in [0.15, 0.2) is 11.0 Å². The summed E-state index contributed by atoms with van der Waals surface area (Å²) in [4.78, 5) is 12.6. The molecule has 0 aromatic carbocycles. The van der Waals surface area contributed by atoms with Crippen molar-refractivity contribution in [2.24, 2.45) is 14.1 Å². The minimum Gasteiger partial charge on any atom is -0.354 e. The average molecular weight is 559 g/mol. The molecule has 0 amide bonds. The molecule has 0 spiro atoms. The monoisotopic (exact) mass is 558 g/mol. The average Bonchev–Trinajstić information content (AvgIpc) is 3.40. The van der Waals surface area contributed by atoms with Gasteiger partial charge in [-0.25, -0.2) is 9.97 Å². The van der Waals surface area contributed by atoms with Crippen LogP contribution in [0.2, 0.25) is 0 Å². The topological polar surface area (TPSA) is 67.9 Å². The summed E-state index contributed by atoms with van der Waals surface area (Å²) in [5, 5.41) is 9.57. The Labute approximate surface area is 226 Å². The van der Waals surface area contributed by atoms with E-state index in [1.807, 2.05) is 67.2 Å². The van der Waals surface area contributed by atoms with Crippen molar-refractivity contribution in [3.8, 4) is 11.5 Å². The fourth-order valence-electron chi connectivity index (χ4n) is 4.09. The molecule has 1 aliphatic heterocycles. The first-order valence-corrected chi connectivity index (χ1v) is 13.0. The summed E-state index contributed by atoms with van der Waals surface area (Å²) in [6, 6.07) is 5.08. The molecule has 37 heavy (non-hydrogen) atoms. The number of thioether (sulfide) groups is 1. The van der Waals surface area contributed by atoms with Crippen LogP contribution in [0, 0.1) is 0 Å². The van der Waals surface area contributed by atoms with Gasteiger partial charge in [-0.3, -0.25) is 4.90 Å². The van der Waals surface area contributed by atoms with Crippen molar-refractivity contribution in [1.82, 2.24) is 34.2 Å². The molecular weight excluding hydrogens is 525 g/mol. The molecular formula is C24H34ClF3N8S. The van der Waals surface area contributed by atoms with E-state index < -0.39 is 17.3 Å². The second kappa shape index (κ2) is 11.6. The van der Waals surface area contributed by atoms with Crippen LogP contribution in [0.5, 0.6) is 0 Å². The van der Waals surface area contributed by atoms with E-state index in [9.17, 15) is 13.2 Å². The van der Waals surface area contributed by atoms with Crippen molar-refractivity contribution >= 4 is 30.0 Å². The van der Waals surface area contributed by atoms with E-state index in [0.29, 0.717) is 18.9 Å². The molecule has 1 aliphatic rings. The van der Waals surface area contributed by atoms with Crippen molar-refractivity contribution in [2.75, 3.05) is 43.4 Å². The van der Waals surface area contributed by atoms with Crippen LogP contribution >= 0.6 is 24.2 Å². The molecule has 3 aromatic heterocycles. The van der Waals surface area contributed by atoms with Crippen molar-refractivity contribution in [3.63, 3.8) is 0 Å². The summed E-state index contributed by atoms with van der Waals surface area (Å²) in [6.45, 7) is 9.23. The Kier molecular flexibility index (Phi) is 9.18. The van der Waals surface area contributed by atoms with Gasteiger partial charge in [-0.1, -0.05) is 32.5 Å². The summed E-state index contributed by atoms with van der Waals surface area (Å²) in [5.74, 6) is 2.32. The van der Waals surface area contributed by atoms with E-state index >= 15 is 0 Å². The van der Waals surface area contributed by atoms with E-state index in [4.69, 9.17) is 0 Å². The zero-order valence-electron chi connectivity index (χ0n) is 21.8. The van der Waals surface area contributed by atoms with Crippen molar-refractivity contribution < 1.29 is 13.2 Å². The molecule has 0 radical (unpaired) electrons. The molecule has 3 aromatic rings. The van der Waals surface area contributed by atoms with Gasteiger partial charge in [0, 0.05) is 63.7 Å². The molecule has 0 bridgehead atoms. The largest absolute Gasteiger partial charge is 0.433 e. The number of aromatic nitrogens is 6. The molecule has 0 aliphatic carbocycles. The summed E-state index contributed by atoms with van der Waals surface area (Å²) in [7, 11) is 3.96. The van der Waals surface area contributed by atoms with Gasteiger partial charge in [0.05, 0.1) is 5.69 Å². The Balaban J connectivity index is 0.00000380. The number of hydrogen-bond acceptors (Lipinski definition) is 7. The molecule has 4 rings (SSSR count). The number of nitrogens with zero attached hydrogens (tertiary/aromatic N) is 8. The SMILES string of the molecule is Cl.Cn1cccc1-c1nnc(SCCCN2CCN(c3cc(C(F)(F)F)nc(C(C)(C)C)n3)CC2)n1C. The first kappa shape index (κ1) is 29.2. The fraction of sp³-hybridized carbons (Fsp3) is 0.583. The van der Waals surface area contributed by atoms with Crippen LogP contribution < -0.4 is 4.90 Å². The molecule has 204 valence electrons. The van der Waals surface area contributed by atoms with Gasteiger partial charge in [0.2, 0.25) is 0 Å². The number of aryl methyl sites for hydroxylation is 1. The molecule has 1 saturated heterocycles. The third kappa shape index (κ3) is 6.97. The van der Waals surface area contributed by atoms with Crippen LogP contribution in [-0.2, 0) is 25.7 Å². The first-order valence-electron chi connectivity index (χ1n) is 12.0. The molecule has 0 atom stereocenters. The number of anilines is 1. The summed E-state index contributed by atoms with van der Waals surface area (Å²) >= 11 is 1.68. The van der Waals surface area contributed by atoms with E-state index in [0.717, 1.165) is 54.5 Å². The number of rotatable bonds is 7. The third-order valence-electron chi connectivity index (χ3n) is 6.23. The normalized spacial score (nSPS) is 15.2. The summed E-state index contributed by atoms with van der Waals surface area (Å²) in [5.41, 5.74) is -0.425. The van der Waals surface area contributed by atoms with E-state index in [1.54, 1.807) is 11.8 Å². The zero-order chi connectivity index (χ0) is 26.1. The summed E-state index contributed by atoms with van der Waals surface area (Å²) in [6.07, 6.45) is -1.53. The van der Waals surface area contributed by atoms with Crippen LogP contribution in [0.3, 0.4) is 0 Å². The molecule has 0 saturated carbocycles. The Morgan fingerprint density at radius 3 is 2.30 bits per heavy atom. The lowest BCUT2D eigenvalue weighted by atomic mass is 9.95. The second-order valence-corrected chi connectivity index (χ2v) is 11.1. The second-order valence-electron chi connectivity index (χ2n) is 10.1. The van der Waals surface area contributed by atoms with Crippen molar-refractivity contribution in [1.29, 1.82) is 0 Å². The standard InChI is InChI=1S/C24H33F3N8S.ClH/c1-23(2,3)21-28-18(24(25,26)27)16-19(29-21)35-13-11-34(12-14-35)10-7-15-36-22-31-30-20(33(22)5)17-8-6-9-32(17)4;/h6,8-9,16H,7,10-15H2,1-5H3;1H. The minimum atomic E-state index is -4.50. The lowest BCUT2D eigenvalue weighted by Crippen LogP contribution is -2.47. The summed E-state index contributed by atoms with van der Waals surface area (Å²) < 4.78 is 44.4. The smallest absolute Gasteiger partial charge is 0.354 e. The van der Waals surface area contributed by atoms with Gasteiger partial charge in [-0.15, -0.1) is 22.6 Å². The number of piperazine rings is 1. The van der Waals surface area contributed by atoms with Crippen molar-refractivity contribution in [3.05, 3.63) is 35.9 Å². The quantitative estimate of drug-likeness (QED) is 0.309. The number of alkyl halides is 3. The van der Waals surface area contributed by atoms with Crippen LogP contribution in [0.4, 0.5) is 19.0 Å². The number of halogens is 4. The molecule has 13 heteroatoms. The Morgan fingerprint density at radius 1 is 1.00 bits per heavy atom. The maximum atomic E-state index is 13.4. The Hall–Kier alpha value is -2.31. The van der Waals surface area contributed by atoms with Gasteiger partial charge in [-0.2, -0.15) is 13.2 Å². The number of hydrogen-bond donors (Lipinski definition) is 0. The van der Waals surface area contributed by atoms with Crippen LogP contribution in [0.1, 0.15) is 38.7 Å². The zero-order valence-corrected chi connectivity index (χ0v) is 23.4. The molecule has 1 fully saturated rings. The first-order chi connectivity index (χ1) is 16.9. The predicted molar refractivity (Wildman–Crippen MR) is 142 cm³/mol. The molecule has 8 nitrogen and oxygen atoms in total. The lowest BCUT2D eigenvalue weighted by Gasteiger charge is -2.36.